The molecule has 0 spiro atoms. The zero-order valence-corrected chi connectivity index (χ0v) is 12.7. The topological polar surface area (TPSA) is 67.4 Å². The molecular formula is C16H22N2O3. The molecule has 21 heavy (non-hydrogen) atoms. The van der Waals surface area contributed by atoms with Gasteiger partial charge in [0, 0.05) is 17.9 Å². The van der Waals surface area contributed by atoms with Crippen molar-refractivity contribution in [1.29, 1.82) is 0 Å². The number of fused-ring (bicyclic) bond motifs is 1. The summed E-state index contributed by atoms with van der Waals surface area (Å²) in [6.07, 6.45) is 0.336. The molecule has 2 N–H and O–H groups in total. The summed E-state index contributed by atoms with van der Waals surface area (Å²) >= 11 is 0. The first-order valence-electron chi connectivity index (χ1n) is 7.32. The maximum atomic E-state index is 12.3. The molecule has 0 fully saturated rings. The minimum absolute atomic E-state index is 0.0227. The molecule has 0 saturated heterocycles. The van der Waals surface area contributed by atoms with Crippen molar-refractivity contribution < 1.29 is 14.3 Å². The van der Waals surface area contributed by atoms with Crippen LogP contribution in [-0.2, 0) is 16.0 Å². The van der Waals surface area contributed by atoms with Gasteiger partial charge in [0.1, 0.15) is 0 Å². The molecule has 5 nitrogen and oxygen atoms in total. The van der Waals surface area contributed by atoms with Gasteiger partial charge in [0.15, 0.2) is 0 Å². The molecule has 0 radical (unpaired) electrons. The van der Waals surface area contributed by atoms with Crippen molar-refractivity contribution in [2.24, 2.45) is 5.92 Å². The lowest BCUT2D eigenvalue weighted by Gasteiger charge is -2.22. The minimum Gasteiger partial charge on any atom is -0.380 e. The average Bonchev–Trinajstić information content (AvgIpc) is 2.81. The summed E-state index contributed by atoms with van der Waals surface area (Å²) < 4.78 is 5.41. The highest BCUT2D eigenvalue weighted by molar-refractivity contribution is 6.01. The second kappa shape index (κ2) is 6.72. The minimum atomic E-state index is -0.129. The predicted octanol–water partition coefficient (Wildman–Crippen LogP) is 1.97. The van der Waals surface area contributed by atoms with Crippen LogP contribution in [0.4, 0.5) is 5.69 Å². The summed E-state index contributed by atoms with van der Waals surface area (Å²) in [5, 5.41) is 5.76. The Balaban J connectivity index is 2.06. The average molecular weight is 290 g/mol. The predicted molar refractivity (Wildman–Crippen MR) is 81.4 cm³/mol. The first kappa shape index (κ1) is 15.5. The van der Waals surface area contributed by atoms with Gasteiger partial charge in [-0.25, -0.2) is 0 Å². The molecular weight excluding hydrogens is 268 g/mol. The number of nitrogens with one attached hydrogen (secondary N) is 2. The van der Waals surface area contributed by atoms with E-state index in [2.05, 4.69) is 24.5 Å². The monoisotopic (exact) mass is 290 g/mol. The zero-order valence-electron chi connectivity index (χ0n) is 12.7. The summed E-state index contributed by atoms with van der Waals surface area (Å²) in [4.78, 5) is 23.7. The third kappa shape index (κ3) is 3.82. The Kier molecular flexibility index (Phi) is 4.96. The Hall–Kier alpha value is -1.88. The van der Waals surface area contributed by atoms with E-state index in [9.17, 15) is 9.59 Å². The summed E-state index contributed by atoms with van der Waals surface area (Å²) in [5.74, 6) is 0.132. The van der Waals surface area contributed by atoms with Gasteiger partial charge in [-0.1, -0.05) is 13.8 Å². The maximum Gasteiger partial charge on any atom is 0.251 e. The van der Waals surface area contributed by atoms with Crippen LogP contribution in [0, 0.1) is 5.92 Å². The second-order valence-corrected chi connectivity index (χ2v) is 5.58. The van der Waals surface area contributed by atoms with Crippen LogP contribution in [-0.4, -0.2) is 31.1 Å². The molecule has 1 aliphatic heterocycles. The highest BCUT2D eigenvalue weighted by atomic mass is 16.5. The molecule has 1 aliphatic rings. The lowest BCUT2D eigenvalue weighted by atomic mass is 10.0. The summed E-state index contributed by atoms with van der Waals surface area (Å²) in [6.45, 7) is 7.17. The fourth-order valence-corrected chi connectivity index (χ4v) is 2.27. The summed E-state index contributed by atoms with van der Waals surface area (Å²) in [5.41, 5.74) is 2.25. The zero-order chi connectivity index (χ0) is 15.4. The van der Waals surface area contributed by atoms with E-state index < -0.39 is 0 Å². The lowest BCUT2D eigenvalue weighted by Crippen LogP contribution is -2.41. The van der Waals surface area contributed by atoms with Crippen LogP contribution in [0.15, 0.2) is 18.2 Å². The van der Waals surface area contributed by atoms with Gasteiger partial charge in [0.2, 0.25) is 5.91 Å². The molecule has 0 aliphatic carbocycles. The van der Waals surface area contributed by atoms with Gasteiger partial charge in [0.05, 0.1) is 19.1 Å². The van der Waals surface area contributed by atoms with Crippen molar-refractivity contribution in [3.05, 3.63) is 29.3 Å². The molecule has 2 amide bonds. The van der Waals surface area contributed by atoms with Crippen molar-refractivity contribution in [3.63, 3.8) is 0 Å². The quantitative estimate of drug-likeness (QED) is 0.841. The largest absolute Gasteiger partial charge is 0.380 e. The molecule has 0 aromatic heterocycles. The van der Waals surface area contributed by atoms with Gasteiger partial charge in [0.25, 0.3) is 5.91 Å². The van der Waals surface area contributed by atoms with Crippen molar-refractivity contribution in [3.8, 4) is 0 Å². The third-order valence-electron chi connectivity index (χ3n) is 3.62. The molecule has 2 rings (SSSR count). The highest BCUT2D eigenvalue weighted by Gasteiger charge is 2.21. The fourth-order valence-electron chi connectivity index (χ4n) is 2.27. The van der Waals surface area contributed by atoms with Crippen LogP contribution in [0.25, 0.3) is 0 Å². The normalized spacial score (nSPS) is 14.8. The summed E-state index contributed by atoms with van der Waals surface area (Å²) in [6, 6.07) is 5.27. The van der Waals surface area contributed by atoms with E-state index in [1.807, 2.05) is 6.92 Å². The molecule has 0 saturated carbocycles. The SMILES string of the molecule is CCOCC(NC(=O)c1ccc2c(c1)CC(=O)N2)C(C)C. The van der Waals surface area contributed by atoms with E-state index in [1.165, 1.54) is 0 Å². The van der Waals surface area contributed by atoms with Gasteiger partial charge in [-0.05, 0) is 36.6 Å². The molecule has 1 unspecified atom stereocenters. The lowest BCUT2D eigenvalue weighted by molar-refractivity contribution is -0.115. The van der Waals surface area contributed by atoms with Gasteiger partial charge in [-0.15, -0.1) is 0 Å². The first-order chi connectivity index (χ1) is 10.0. The molecule has 5 heteroatoms. The van der Waals surface area contributed by atoms with Crippen LogP contribution >= 0.6 is 0 Å². The number of amides is 2. The Labute approximate surface area is 125 Å². The number of anilines is 1. The number of carbonyl (C=O) groups excluding carboxylic acids is 2. The Morgan fingerprint density at radius 1 is 1.43 bits per heavy atom. The Bertz CT molecular complexity index is 540. The summed E-state index contributed by atoms with van der Waals surface area (Å²) in [7, 11) is 0. The number of rotatable bonds is 6. The third-order valence-corrected chi connectivity index (χ3v) is 3.62. The van der Waals surface area contributed by atoms with Crippen LogP contribution in [0.3, 0.4) is 0 Å². The van der Waals surface area contributed by atoms with E-state index in [0.29, 0.717) is 25.2 Å². The van der Waals surface area contributed by atoms with Gasteiger partial charge in [-0.3, -0.25) is 9.59 Å². The molecule has 0 bridgehead atoms. The van der Waals surface area contributed by atoms with E-state index in [4.69, 9.17) is 4.74 Å². The van der Waals surface area contributed by atoms with E-state index in [0.717, 1.165) is 11.3 Å². The van der Waals surface area contributed by atoms with Crippen LogP contribution in [0.1, 0.15) is 36.7 Å². The molecule has 1 heterocycles. The smallest absolute Gasteiger partial charge is 0.251 e. The maximum absolute atomic E-state index is 12.3. The van der Waals surface area contributed by atoms with Gasteiger partial charge in [-0.2, -0.15) is 0 Å². The van der Waals surface area contributed by atoms with Crippen molar-refractivity contribution in [1.82, 2.24) is 5.32 Å². The number of hydrogen-bond donors (Lipinski definition) is 2. The van der Waals surface area contributed by atoms with E-state index >= 15 is 0 Å². The molecule has 114 valence electrons. The van der Waals surface area contributed by atoms with Crippen LogP contribution in [0.5, 0.6) is 0 Å². The van der Waals surface area contributed by atoms with Gasteiger partial charge >= 0.3 is 0 Å². The number of ether oxygens (including phenoxy) is 1. The van der Waals surface area contributed by atoms with Crippen molar-refractivity contribution >= 4 is 17.5 Å². The van der Waals surface area contributed by atoms with Crippen molar-refractivity contribution in [2.45, 2.75) is 33.2 Å². The van der Waals surface area contributed by atoms with Gasteiger partial charge < -0.3 is 15.4 Å². The molecule has 1 atom stereocenters. The Morgan fingerprint density at radius 2 is 2.19 bits per heavy atom. The molecule has 1 aromatic rings. The fraction of sp³-hybridized carbons (Fsp3) is 0.500. The highest BCUT2D eigenvalue weighted by Crippen LogP contribution is 2.23. The van der Waals surface area contributed by atoms with E-state index in [-0.39, 0.29) is 23.8 Å². The van der Waals surface area contributed by atoms with Crippen LogP contribution in [0.2, 0.25) is 0 Å². The second-order valence-electron chi connectivity index (χ2n) is 5.58. The van der Waals surface area contributed by atoms with Crippen LogP contribution < -0.4 is 10.6 Å². The number of carbonyl (C=O) groups is 2. The Morgan fingerprint density at radius 3 is 2.86 bits per heavy atom. The van der Waals surface area contributed by atoms with E-state index in [1.54, 1.807) is 18.2 Å². The van der Waals surface area contributed by atoms with Crippen molar-refractivity contribution in [2.75, 3.05) is 18.5 Å². The standard InChI is InChI=1S/C16H22N2O3/c1-4-21-9-14(10(2)3)18-16(20)11-5-6-13-12(7-11)8-15(19)17-13/h5-7,10,14H,4,8-9H2,1-3H3,(H,17,19)(H,18,20). The molecule has 1 aromatic carbocycles. The number of benzene rings is 1. The first-order valence-corrected chi connectivity index (χ1v) is 7.32. The number of hydrogen-bond acceptors (Lipinski definition) is 3.